The summed E-state index contributed by atoms with van der Waals surface area (Å²) in [5, 5.41) is 1.29. The molecule has 2 aromatic rings. The molecule has 0 spiro atoms. The molecule has 0 saturated heterocycles. The first-order valence-electron chi connectivity index (χ1n) is 5.60. The van der Waals surface area contributed by atoms with Gasteiger partial charge in [-0.3, -0.25) is 4.98 Å². The zero-order chi connectivity index (χ0) is 13.7. The monoisotopic (exact) mass is 266 g/mol. The highest BCUT2D eigenvalue weighted by Gasteiger charge is 2.12. The molecule has 0 aliphatic rings. The average Bonchev–Trinajstić information content (AvgIpc) is 2.37. The van der Waals surface area contributed by atoms with Gasteiger partial charge in [-0.15, -0.1) is 0 Å². The molecule has 1 aromatic heterocycles. The fraction of sp³-hybridized carbons (Fsp3) is 0.231. The number of benzene rings is 1. The van der Waals surface area contributed by atoms with Crippen molar-refractivity contribution in [1.29, 1.82) is 0 Å². The van der Waals surface area contributed by atoms with Gasteiger partial charge in [-0.25, -0.2) is 4.79 Å². The standard InChI is InChI=1S/C11H9ClN2O2.C2H6/c1-6-5-8(12)7-3-2-4-14-9(7)10(6)16-11(13)15;1-2/h2-5H,1H3,(H2,13,15);1-2H3. The zero-order valence-electron chi connectivity index (χ0n) is 10.5. The second-order valence-electron chi connectivity index (χ2n) is 3.33. The van der Waals surface area contributed by atoms with Crippen LogP contribution >= 0.6 is 11.6 Å². The minimum Gasteiger partial charge on any atom is -0.408 e. The molecule has 0 aliphatic heterocycles. The number of ether oxygens (including phenoxy) is 1. The van der Waals surface area contributed by atoms with Crippen LogP contribution < -0.4 is 10.5 Å². The highest BCUT2D eigenvalue weighted by molar-refractivity contribution is 6.35. The highest BCUT2D eigenvalue weighted by Crippen LogP contribution is 2.33. The normalized spacial score (nSPS) is 9.56. The number of primary amides is 1. The molecular formula is C13H15ClN2O2. The van der Waals surface area contributed by atoms with Gasteiger partial charge >= 0.3 is 6.09 Å². The van der Waals surface area contributed by atoms with E-state index in [1.165, 1.54) is 0 Å². The van der Waals surface area contributed by atoms with Crippen LogP contribution in [0.1, 0.15) is 19.4 Å². The lowest BCUT2D eigenvalue weighted by atomic mass is 10.1. The molecule has 0 aliphatic carbocycles. The number of halogens is 1. The van der Waals surface area contributed by atoms with E-state index in [4.69, 9.17) is 22.1 Å². The molecule has 0 bridgehead atoms. The second kappa shape index (κ2) is 6.21. The van der Waals surface area contributed by atoms with Gasteiger partial charge < -0.3 is 10.5 Å². The molecule has 0 saturated carbocycles. The number of nitrogens with two attached hydrogens (primary N) is 1. The molecule has 18 heavy (non-hydrogen) atoms. The maximum absolute atomic E-state index is 10.8. The van der Waals surface area contributed by atoms with Crippen molar-refractivity contribution in [2.75, 3.05) is 0 Å². The summed E-state index contributed by atoms with van der Waals surface area (Å²) in [6, 6.07) is 5.28. The first kappa shape index (κ1) is 14.3. The van der Waals surface area contributed by atoms with Crippen molar-refractivity contribution in [3.05, 3.63) is 35.0 Å². The van der Waals surface area contributed by atoms with E-state index in [0.717, 1.165) is 10.9 Å². The van der Waals surface area contributed by atoms with Crippen molar-refractivity contribution in [2.24, 2.45) is 5.73 Å². The number of pyridine rings is 1. The quantitative estimate of drug-likeness (QED) is 0.856. The number of hydrogen-bond acceptors (Lipinski definition) is 3. The van der Waals surface area contributed by atoms with Crippen LogP contribution in [0.2, 0.25) is 5.02 Å². The number of rotatable bonds is 1. The minimum absolute atomic E-state index is 0.354. The number of carbonyl (C=O) groups excluding carboxylic acids is 1. The van der Waals surface area contributed by atoms with Gasteiger partial charge in [0.25, 0.3) is 0 Å². The second-order valence-corrected chi connectivity index (χ2v) is 3.73. The Hall–Kier alpha value is -1.81. The molecule has 2 rings (SSSR count). The van der Waals surface area contributed by atoms with Gasteiger partial charge in [0.1, 0.15) is 5.52 Å². The van der Waals surface area contributed by atoms with Crippen molar-refractivity contribution in [3.8, 4) is 5.75 Å². The van der Waals surface area contributed by atoms with Gasteiger partial charge in [0.05, 0.1) is 5.02 Å². The number of carbonyl (C=O) groups is 1. The largest absolute Gasteiger partial charge is 0.410 e. The summed E-state index contributed by atoms with van der Waals surface area (Å²) in [6.45, 7) is 5.78. The van der Waals surface area contributed by atoms with E-state index >= 15 is 0 Å². The molecule has 2 N–H and O–H groups in total. The van der Waals surface area contributed by atoms with Crippen LogP contribution in [0.5, 0.6) is 5.75 Å². The van der Waals surface area contributed by atoms with Gasteiger partial charge in [0.15, 0.2) is 5.75 Å². The molecule has 1 heterocycles. The van der Waals surface area contributed by atoms with Crippen LogP contribution in [0.15, 0.2) is 24.4 Å². The first-order valence-corrected chi connectivity index (χ1v) is 5.98. The van der Waals surface area contributed by atoms with Crippen molar-refractivity contribution in [3.63, 3.8) is 0 Å². The summed E-state index contributed by atoms with van der Waals surface area (Å²) >= 11 is 6.06. The summed E-state index contributed by atoms with van der Waals surface area (Å²) in [7, 11) is 0. The van der Waals surface area contributed by atoms with Gasteiger partial charge in [-0.2, -0.15) is 0 Å². The smallest absolute Gasteiger partial charge is 0.408 e. The number of amides is 1. The summed E-state index contributed by atoms with van der Waals surface area (Å²) in [4.78, 5) is 14.9. The maximum atomic E-state index is 10.8. The zero-order valence-corrected chi connectivity index (χ0v) is 11.3. The first-order chi connectivity index (χ1) is 8.59. The van der Waals surface area contributed by atoms with E-state index in [-0.39, 0.29) is 0 Å². The Morgan fingerprint density at radius 1 is 1.44 bits per heavy atom. The minimum atomic E-state index is -0.864. The number of fused-ring (bicyclic) bond motifs is 1. The van der Waals surface area contributed by atoms with Crippen molar-refractivity contribution < 1.29 is 9.53 Å². The van der Waals surface area contributed by atoms with Crippen LogP contribution in [0.25, 0.3) is 10.9 Å². The van der Waals surface area contributed by atoms with Crippen molar-refractivity contribution in [2.45, 2.75) is 20.8 Å². The summed E-state index contributed by atoms with van der Waals surface area (Å²) < 4.78 is 4.93. The predicted molar refractivity (Wildman–Crippen MR) is 73.0 cm³/mol. The molecule has 96 valence electrons. The topological polar surface area (TPSA) is 65.2 Å². The molecule has 5 heteroatoms. The summed E-state index contributed by atoms with van der Waals surface area (Å²) in [5.41, 5.74) is 6.25. The molecule has 0 fully saturated rings. The van der Waals surface area contributed by atoms with E-state index in [0.29, 0.717) is 16.3 Å². The SMILES string of the molecule is CC.Cc1cc(Cl)c2cccnc2c1OC(N)=O. The van der Waals surface area contributed by atoms with Gasteiger partial charge in [-0.05, 0) is 30.7 Å². The fourth-order valence-corrected chi connectivity index (χ4v) is 1.84. The molecule has 4 nitrogen and oxygen atoms in total. The molecule has 0 radical (unpaired) electrons. The van der Waals surface area contributed by atoms with E-state index in [2.05, 4.69) is 4.98 Å². The number of hydrogen-bond donors (Lipinski definition) is 1. The Balaban J connectivity index is 0.000000771. The Morgan fingerprint density at radius 2 is 2.11 bits per heavy atom. The highest BCUT2D eigenvalue weighted by atomic mass is 35.5. The predicted octanol–water partition coefficient (Wildman–Crippen LogP) is 3.68. The Bertz CT molecular complexity index is 570. The Labute approximate surface area is 111 Å². The molecule has 1 amide bonds. The maximum Gasteiger partial charge on any atom is 0.410 e. The summed E-state index contributed by atoms with van der Waals surface area (Å²) in [6.07, 6.45) is 0.740. The Kier molecular flexibility index (Phi) is 4.92. The van der Waals surface area contributed by atoms with E-state index < -0.39 is 6.09 Å². The van der Waals surface area contributed by atoms with Gasteiger partial charge in [0, 0.05) is 11.6 Å². The van der Waals surface area contributed by atoms with Crippen LogP contribution in [-0.4, -0.2) is 11.1 Å². The number of aromatic nitrogens is 1. The molecule has 0 unspecified atom stereocenters. The molecule has 1 aromatic carbocycles. The van der Waals surface area contributed by atoms with Gasteiger partial charge in [-0.1, -0.05) is 25.4 Å². The lowest BCUT2D eigenvalue weighted by Gasteiger charge is -2.09. The van der Waals surface area contributed by atoms with Crippen molar-refractivity contribution >= 4 is 28.6 Å². The lowest BCUT2D eigenvalue weighted by molar-refractivity contribution is 0.211. The molecular weight excluding hydrogens is 252 g/mol. The third kappa shape index (κ3) is 2.90. The van der Waals surface area contributed by atoms with E-state index in [1.807, 2.05) is 13.8 Å². The van der Waals surface area contributed by atoms with Gasteiger partial charge in [0.2, 0.25) is 0 Å². The van der Waals surface area contributed by atoms with Crippen LogP contribution in [-0.2, 0) is 0 Å². The lowest BCUT2D eigenvalue weighted by Crippen LogP contribution is -2.17. The number of aryl methyl sites for hydroxylation is 1. The summed E-state index contributed by atoms with van der Waals surface area (Å²) in [5.74, 6) is 0.354. The van der Waals surface area contributed by atoms with E-state index in [1.54, 1.807) is 31.3 Å². The third-order valence-electron chi connectivity index (χ3n) is 2.18. The van der Waals surface area contributed by atoms with Crippen LogP contribution in [0.4, 0.5) is 4.79 Å². The van der Waals surface area contributed by atoms with Crippen LogP contribution in [0, 0.1) is 6.92 Å². The number of nitrogens with zero attached hydrogens (tertiary/aromatic N) is 1. The van der Waals surface area contributed by atoms with Crippen molar-refractivity contribution in [1.82, 2.24) is 4.98 Å². The molecule has 0 atom stereocenters. The van der Waals surface area contributed by atoms with E-state index in [9.17, 15) is 4.79 Å². The third-order valence-corrected chi connectivity index (χ3v) is 2.50. The van der Waals surface area contributed by atoms with Crippen LogP contribution in [0.3, 0.4) is 0 Å². The average molecular weight is 267 g/mol. The fourth-order valence-electron chi connectivity index (χ4n) is 1.53. The Morgan fingerprint density at radius 3 is 2.72 bits per heavy atom.